The van der Waals surface area contributed by atoms with Gasteiger partial charge in [-0.2, -0.15) is 0 Å². The van der Waals surface area contributed by atoms with E-state index in [2.05, 4.69) is 37.4 Å². The molecule has 0 aliphatic heterocycles. The minimum atomic E-state index is -0.00351. The van der Waals surface area contributed by atoms with E-state index in [1.165, 1.54) is 11.1 Å². The molecule has 4 heteroatoms. The van der Waals surface area contributed by atoms with Crippen LogP contribution in [0.2, 0.25) is 10.0 Å². The standard InChI is InChI=1S/C19H21Cl2NO/c1-12-4-5-13(2)16(10-12)14(3)22-19(23)9-7-15-6-8-17(20)18(21)11-15/h4-6,8,10-11,14H,7,9H2,1-3H3,(H,22,23)/t14-/m1/s1. The van der Waals surface area contributed by atoms with Crippen molar-refractivity contribution >= 4 is 29.1 Å². The summed E-state index contributed by atoms with van der Waals surface area (Å²) in [4.78, 5) is 12.2. The van der Waals surface area contributed by atoms with Gasteiger partial charge in [-0.15, -0.1) is 0 Å². The highest BCUT2D eigenvalue weighted by atomic mass is 35.5. The Morgan fingerprint density at radius 2 is 1.83 bits per heavy atom. The molecule has 2 aromatic rings. The van der Waals surface area contributed by atoms with Crippen molar-refractivity contribution < 1.29 is 4.79 Å². The van der Waals surface area contributed by atoms with Crippen LogP contribution < -0.4 is 5.32 Å². The molecule has 0 bridgehead atoms. The SMILES string of the molecule is Cc1ccc(C)c([C@@H](C)NC(=O)CCc2ccc(Cl)c(Cl)c2)c1. The fraction of sp³-hybridized carbons (Fsp3) is 0.316. The van der Waals surface area contributed by atoms with Gasteiger partial charge in [-0.25, -0.2) is 0 Å². The Hall–Kier alpha value is -1.51. The third-order valence-corrected chi connectivity index (χ3v) is 4.64. The summed E-state index contributed by atoms with van der Waals surface area (Å²) in [5.74, 6) is 0.0319. The molecule has 2 nitrogen and oxygen atoms in total. The van der Waals surface area contributed by atoms with E-state index in [4.69, 9.17) is 23.2 Å². The van der Waals surface area contributed by atoms with Gasteiger partial charge in [0.1, 0.15) is 0 Å². The van der Waals surface area contributed by atoms with Gasteiger partial charge in [-0.3, -0.25) is 4.79 Å². The molecule has 0 unspecified atom stereocenters. The van der Waals surface area contributed by atoms with E-state index in [-0.39, 0.29) is 11.9 Å². The smallest absolute Gasteiger partial charge is 0.220 e. The van der Waals surface area contributed by atoms with Gasteiger partial charge in [0, 0.05) is 6.42 Å². The number of amides is 1. The Morgan fingerprint density at radius 1 is 1.09 bits per heavy atom. The van der Waals surface area contributed by atoms with E-state index in [1.807, 2.05) is 19.1 Å². The monoisotopic (exact) mass is 349 g/mol. The molecule has 2 aromatic carbocycles. The summed E-state index contributed by atoms with van der Waals surface area (Å²) in [6, 6.07) is 11.8. The quantitative estimate of drug-likeness (QED) is 0.766. The molecule has 0 radical (unpaired) electrons. The first-order valence-corrected chi connectivity index (χ1v) is 8.43. The van der Waals surface area contributed by atoms with E-state index in [9.17, 15) is 4.79 Å². The number of nitrogens with one attached hydrogen (secondary N) is 1. The van der Waals surface area contributed by atoms with E-state index in [0.717, 1.165) is 11.1 Å². The van der Waals surface area contributed by atoms with Crippen LogP contribution in [-0.2, 0) is 11.2 Å². The van der Waals surface area contributed by atoms with E-state index in [0.29, 0.717) is 22.9 Å². The van der Waals surface area contributed by atoms with Crippen LogP contribution in [0.5, 0.6) is 0 Å². The highest BCUT2D eigenvalue weighted by Gasteiger charge is 2.12. The van der Waals surface area contributed by atoms with Gasteiger partial charge in [-0.1, -0.05) is 53.0 Å². The van der Waals surface area contributed by atoms with Crippen LogP contribution in [0.1, 0.15) is 41.6 Å². The number of rotatable bonds is 5. The Morgan fingerprint density at radius 3 is 2.52 bits per heavy atom. The van der Waals surface area contributed by atoms with Crippen LogP contribution in [0.4, 0.5) is 0 Å². The molecule has 1 N–H and O–H groups in total. The first kappa shape index (κ1) is 17.8. The van der Waals surface area contributed by atoms with Crippen LogP contribution in [0, 0.1) is 13.8 Å². The molecular weight excluding hydrogens is 329 g/mol. The molecule has 0 aliphatic carbocycles. The van der Waals surface area contributed by atoms with Crippen molar-refractivity contribution in [3.8, 4) is 0 Å². The fourth-order valence-corrected chi connectivity index (χ4v) is 2.89. The minimum absolute atomic E-state index is 0.00351. The predicted molar refractivity (Wildman–Crippen MR) is 97.3 cm³/mol. The number of carbonyl (C=O) groups excluding carboxylic acids is 1. The molecule has 1 amide bonds. The summed E-state index contributed by atoms with van der Waals surface area (Å²) in [7, 11) is 0. The molecule has 0 spiro atoms. The van der Waals surface area contributed by atoms with Crippen molar-refractivity contribution in [1.82, 2.24) is 5.32 Å². The largest absolute Gasteiger partial charge is 0.350 e. The molecule has 0 fully saturated rings. The minimum Gasteiger partial charge on any atom is -0.350 e. The maximum absolute atomic E-state index is 12.2. The highest BCUT2D eigenvalue weighted by molar-refractivity contribution is 6.42. The van der Waals surface area contributed by atoms with Gasteiger partial charge in [0.25, 0.3) is 0 Å². The predicted octanol–water partition coefficient (Wildman–Crippen LogP) is 5.42. The maximum Gasteiger partial charge on any atom is 0.220 e. The summed E-state index contributed by atoms with van der Waals surface area (Å²) in [6.45, 7) is 6.13. The fourth-order valence-electron chi connectivity index (χ4n) is 2.57. The third kappa shape index (κ3) is 4.98. The summed E-state index contributed by atoms with van der Waals surface area (Å²) >= 11 is 11.9. The second-order valence-electron chi connectivity index (χ2n) is 5.90. The molecule has 23 heavy (non-hydrogen) atoms. The lowest BCUT2D eigenvalue weighted by Gasteiger charge is -2.17. The number of hydrogen-bond donors (Lipinski definition) is 1. The van der Waals surface area contributed by atoms with Gasteiger partial charge in [0.05, 0.1) is 16.1 Å². The lowest BCUT2D eigenvalue weighted by atomic mass is 10.00. The van der Waals surface area contributed by atoms with Crippen molar-refractivity contribution in [2.45, 2.75) is 39.7 Å². The molecular formula is C19H21Cl2NO. The number of benzene rings is 2. The average molecular weight is 350 g/mol. The Labute approximate surface area is 147 Å². The van der Waals surface area contributed by atoms with Crippen molar-refractivity contribution in [2.75, 3.05) is 0 Å². The topological polar surface area (TPSA) is 29.1 Å². The van der Waals surface area contributed by atoms with Crippen LogP contribution in [0.15, 0.2) is 36.4 Å². The lowest BCUT2D eigenvalue weighted by Crippen LogP contribution is -2.27. The first-order chi connectivity index (χ1) is 10.9. The van der Waals surface area contributed by atoms with Crippen molar-refractivity contribution in [3.05, 3.63) is 68.7 Å². The Bertz CT molecular complexity index is 713. The van der Waals surface area contributed by atoms with Crippen molar-refractivity contribution in [2.24, 2.45) is 0 Å². The van der Waals surface area contributed by atoms with Crippen LogP contribution in [-0.4, -0.2) is 5.91 Å². The van der Waals surface area contributed by atoms with Crippen molar-refractivity contribution in [3.63, 3.8) is 0 Å². The average Bonchev–Trinajstić information content (AvgIpc) is 2.50. The lowest BCUT2D eigenvalue weighted by molar-refractivity contribution is -0.121. The summed E-state index contributed by atoms with van der Waals surface area (Å²) < 4.78 is 0. The number of hydrogen-bond acceptors (Lipinski definition) is 1. The van der Waals surface area contributed by atoms with Gasteiger partial charge in [-0.05, 0) is 56.0 Å². The number of halogens is 2. The second kappa shape index (κ2) is 7.85. The van der Waals surface area contributed by atoms with Crippen LogP contribution >= 0.6 is 23.2 Å². The normalized spacial score (nSPS) is 12.0. The maximum atomic E-state index is 12.2. The molecule has 0 aromatic heterocycles. The van der Waals surface area contributed by atoms with Gasteiger partial charge < -0.3 is 5.32 Å². The first-order valence-electron chi connectivity index (χ1n) is 7.67. The van der Waals surface area contributed by atoms with E-state index in [1.54, 1.807) is 6.07 Å². The van der Waals surface area contributed by atoms with Gasteiger partial charge in [0.15, 0.2) is 0 Å². The number of carbonyl (C=O) groups is 1. The molecule has 2 rings (SSSR count). The third-order valence-electron chi connectivity index (χ3n) is 3.90. The van der Waals surface area contributed by atoms with Gasteiger partial charge >= 0.3 is 0 Å². The molecule has 0 heterocycles. The zero-order valence-electron chi connectivity index (χ0n) is 13.6. The second-order valence-corrected chi connectivity index (χ2v) is 6.71. The summed E-state index contributed by atoms with van der Waals surface area (Å²) in [5.41, 5.74) is 4.55. The van der Waals surface area contributed by atoms with Gasteiger partial charge in [0.2, 0.25) is 5.91 Å². The zero-order valence-corrected chi connectivity index (χ0v) is 15.1. The van der Waals surface area contributed by atoms with Crippen LogP contribution in [0.3, 0.4) is 0 Å². The Balaban J connectivity index is 1.93. The summed E-state index contributed by atoms with van der Waals surface area (Å²) in [5, 5.41) is 4.12. The van der Waals surface area contributed by atoms with E-state index < -0.39 is 0 Å². The van der Waals surface area contributed by atoms with E-state index >= 15 is 0 Å². The molecule has 0 aliphatic rings. The highest BCUT2D eigenvalue weighted by Crippen LogP contribution is 2.23. The molecule has 1 atom stereocenters. The van der Waals surface area contributed by atoms with Crippen LogP contribution in [0.25, 0.3) is 0 Å². The summed E-state index contributed by atoms with van der Waals surface area (Å²) in [6.07, 6.45) is 1.06. The zero-order chi connectivity index (χ0) is 17.0. The van der Waals surface area contributed by atoms with Crippen molar-refractivity contribution in [1.29, 1.82) is 0 Å². The molecule has 0 saturated carbocycles. The molecule has 122 valence electrons. The Kier molecular flexibility index (Phi) is 6.09. The molecule has 0 saturated heterocycles. The number of aryl methyl sites for hydroxylation is 3.